The molecule has 0 radical (unpaired) electrons. The maximum absolute atomic E-state index is 11.7. The fraction of sp³-hybridized carbons (Fsp3) is 0.333. The Morgan fingerprint density at radius 2 is 2.00 bits per heavy atom. The normalized spacial score (nSPS) is 11.4. The van der Waals surface area contributed by atoms with Crippen LogP contribution in [0.4, 0.5) is 5.69 Å². The maximum atomic E-state index is 11.7. The molecule has 0 fully saturated rings. The second kappa shape index (κ2) is 9.43. The van der Waals surface area contributed by atoms with Gasteiger partial charge >= 0.3 is 5.97 Å². The zero-order chi connectivity index (χ0) is 20.9. The fourth-order valence-electron chi connectivity index (χ4n) is 2.30. The smallest absolute Gasteiger partial charge is 0.345 e. The second-order valence-corrected chi connectivity index (χ2v) is 10.3. The molecular formula is C18H20N2O5S3. The van der Waals surface area contributed by atoms with Gasteiger partial charge < -0.3 is 9.84 Å². The first-order valence-corrected chi connectivity index (χ1v) is 11.8. The molecular weight excluding hydrogens is 420 g/mol. The average Bonchev–Trinajstić information content (AvgIpc) is 3.04. The van der Waals surface area contributed by atoms with Crippen LogP contribution in [0.15, 0.2) is 28.5 Å². The molecule has 2 rings (SSSR count). The summed E-state index contributed by atoms with van der Waals surface area (Å²) in [5, 5.41) is 8.97. The lowest BCUT2D eigenvalue weighted by Crippen LogP contribution is -2.33. The molecule has 0 aliphatic carbocycles. The molecule has 10 heteroatoms. The molecule has 0 atom stereocenters. The van der Waals surface area contributed by atoms with E-state index in [0.717, 1.165) is 11.3 Å². The Kier molecular flexibility index (Phi) is 7.48. The molecule has 7 nitrogen and oxygen atoms in total. The van der Waals surface area contributed by atoms with Gasteiger partial charge in [-0.1, -0.05) is 12.1 Å². The molecule has 0 bridgehead atoms. The lowest BCUT2D eigenvalue weighted by Gasteiger charge is -2.11. The molecule has 0 aliphatic rings. The summed E-state index contributed by atoms with van der Waals surface area (Å²) in [6.07, 6.45) is 1.81. The molecule has 0 amide bonds. The molecule has 2 aromatic rings. The minimum Gasteiger partial charge on any atom is -0.492 e. The van der Waals surface area contributed by atoms with E-state index in [-0.39, 0.29) is 18.0 Å². The van der Waals surface area contributed by atoms with Gasteiger partial charge in [-0.2, -0.15) is 0 Å². The number of carboxylic acids is 1. The van der Waals surface area contributed by atoms with Crippen LogP contribution in [0.5, 0.6) is 5.75 Å². The maximum Gasteiger partial charge on any atom is 0.345 e. The SMILES string of the molecule is [C-]#[N+]c1c(SC)sc(C(=O)O)c1-c1ccc(OCCNS(=O)(=O)C(C)C)cc1. The minimum absolute atomic E-state index is 0.132. The van der Waals surface area contributed by atoms with Gasteiger partial charge in [0.15, 0.2) is 0 Å². The topological polar surface area (TPSA) is 97.1 Å². The van der Waals surface area contributed by atoms with E-state index in [1.807, 2.05) is 0 Å². The summed E-state index contributed by atoms with van der Waals surface area (Å²) >= 11 is 2.44. The summed E-state index contributed by atoms with van der Waals surface area (Å²) in [7, 11) is -3.33. The van der Waals surface area contributed by atoms with E-state index in [2.05, 4.69) is 9.57 Å². The van der Waals surface area contributed by atoms with Crippen LogP contribution in [0.3, 0.4) is 0 Å². The number of rotatable bonds is 9. The van der Waals surface area contributed by atoms with Crippen LogP contribution >= 0.6 is 23.1 Å². The van der Waals surface area contributed by atoms with E-state index in [4.69, 9.17) is 11.3 Å². The molecule has 150 valence electrons. The largest absolute Gasteiger partial charge is 0.492 e. The van der Waals surface area contributed by atoms with Gasteiger partial charge in [0.1, 0.15) is 17.2 Å². The third kappa shape index (κ3) is 5.05. The van der Waals surface area contributed by atoms with Crippen molar-refractivity contribution in [2.45, 2.75) is 23.3 Å². The monoisotopic (exact) mass is 440 g/mol. The number of hydrogen-bond acceptors (Lipinski definition) is 6. The highest BCUT2D eigenvalue weighted by Crippen LogP contribution is 2.47. The molecule has 28 heavy (non-hydrogen) atoms. The van der Waals surface area contributed by atoms with Gasteiger partial charge in [0.05, 0.1) is 16.0 Å². The molecule has 0 saturated carbocycles. The number of hydrogen-bond donors (Lipinski definition) is 2. The fourth-order valence-corrected chi connectivity index (χ4v) is 4.76. The number of carboxylic acid groups (broad SMARTS) is 1. The van der Waals surface area contributed by atoms with Gasteiger partial charge in [0.25, 0.3) is 0 Å². The van der Waals surface area contributed by atoms with Gasteiger partial charge in [-0.15, -0.1) is 23.1 Å². The Balaban J connectivity index is 2.14. The Hall–Kier alpha value is -2.06. The van der Waals surface area contributed by atoms with E-state index in [1.54, 1.807) is 44.4 Å². The van der Waals surface area contributed by atoms with E-state index in [1.165, 1.54) is 11.8 Å². The van der Waals surface area contributed by atoms with Crippen molar-refractivity contribution in [3.8, 4) is 16.9 Å². The molecule has 2 N–H and O–H groups in total. The average molecular weight is 441 g/mol. The number of sulfonamides is 1. The first kappa shape index (κ1) is 22.2. The highest BCUT2D eigenvalue weighted by atomic mass is 32.2. The predicted molar refractivity (Wildman–Crippen MR) is 112 cm³/mol. The summed E-state index contributed by atoms with van der Waals surface area (Å²) in [5.41, 5.74) is 1.37. The van der Waals surface area contributed by atoms with Crippen molar-refractivity contribution < 1.29 is 23.1 Å². The van der Waals surface area contributed by atoms with Gasteiger partial charge in [0, 0.05) is 12.1 Å². The van der Waals surface area contributed by atoms with Crippen molar-refractivity contribution in [3.05, 3.63) is 40.6 Å². The zero-order valence-electron chi connectivity index (χ0n) is 15.6. The number of nitrogens with one attached hydrogen (secondary N) is 1. The van der Waals surface area contributed by atoms with Crippen molar-refractivity contribution >= 4 is 44.8 Å². The van der Waals surface area contributed by atoms with E-state index >= 15 is 0 Å². The second-order valence-electron chi connectivity index (χ2n) is 5.92. The summed E-state index contributed by atoms with van der Waals surface area (Å²) < 4.78 is 32.0. The standard InChI is InChI=1S/C18H20N2O5S3/c1-11(2)28(23,24)20-9-10-25-13-7-5-12(6-8-13)14-15(19-3)18(26-4)27-16(14)17(21)22/h5-8,11,20H,9-10H2,1-2,4H3,(H,21,22). The summed E-state index contributed by atoms with van der Waals surface area (Å²) in [6.45, 7) is 10.9. The third-order valence-corrected chi connectivity index (χ3v) is 7.90. The van der Waals surface area contributed by atoms with Crippen LogP contribution in [0.1, 0.15) is 23.5 Å². The van der Waals surface area contributed by atoms with Crippen LogP contribution in [-0.2, 0) is 10.0 Å². The first-order chi connectivity index (χ1) is 13.2. The third-order valence-electron chi connectivity index (χ3n) is 3.78. The number of aromatic carboxylic acids is 1. The highest BCUT2D eigenvalue weighted by molar-refractivity contribution is 8.00. The molecule has 0 unspecified atom stereocenters. The Labute approximate surface area is 172 Å². The number of nitrogens with zero attached hydrogens (tertiary/aromatic N) is 1. The van der Waals surface area contributed by atoms with E-state index < -0.39 is 21.2 Å². The van der Waals surface area contributed by atoms with Gasteiger partial charge in [-0.25, -0.2) is 22.8 Å². The number of thioether (sulfide) groups is 1. The van der Waals surface area contributed by atoms with Crippen molar-refractivity contribution in [3.63, 3.8) is 0 Å². The van der Waals surface area contributed by atoms with Gasteiger partial charge in [0.2, 0.25) is 15.7 Å². The number of thiophene rings is 1. The number of carbonyl (C=O) groups is 1. The first-order valence-electron chi connectivity index (χ1n) is 8.24. The quantitative estimate of drug-likeness (QED) is 0.346. The van der Waals surface area contributed by atoms with Crippen molar-refractivity contribution in [1.82, 2.24) is 4.72 Å². The van der Waals surface area contributed by atoms with Crippen molar-refractivity contribution in [1.29, 1.82) is 0 Å². The molecule has 1 aromatic heterocycles. The lowest BCUT2D eigenvalue weighted by atomic mass is 10.0. The highest BCUT2D eigenvalue weighted by Gasteiger charge is 2.23. The van der Waals surface area contributed by atoms with Crippen LogP contribution in [-0.4, -0.2) is 44.2 Å². The molecule has 0 spiro atoms. The van der Waals surface area contributed by atoms with Gasteiger partial charge in [-0.3, -0.25) is 0 Å². The molecule has 1 aromatic carbocycles. The zero-order valence-corrected chi connectivity index (χ0v) is 18.0. The van der Waals surface area contributed by atoms with Crippen LogP contribution < -0.4 is 9.46 Å². The van der Waals surface area contributed by atoms with E-state index in [0.29, 0.717) is 26.8 Å². The molecule has 0 saturated heterocycles. The summed E-state index contributed by atoms with van der Waals surface area (Å²) in [4.78, 5) is 15.2. The van der Waals surface area contributed by atoms with E-state index in [9.17, 15) is 18.3 Å². The summed E-state index contributed by atoms with van der Waals surface area (Å²) in [5.74, 6) is -0.544. The van der Waals surface area contributed by atoms with Gasteiger partial charge in [-0.05, 0) is 37.8 Å². The number of benzene rings is 1. The van der Waals surface area contributed by atoms with Crippen molar-refractivity contribution in [2.24, 2.45) is 0 Å². The lowest BCUT2D eigenvalue weighted by molar-refractivity contribution is 0.0703. The van der Waals surface area contributed by atoms with Crippen LogP contribution in [0.2, 0.25) is 0 Å². The molecule has 0 aliphatic heterocycles. The number of ether oxygens (including phenoxy) is 1. The predicted octanol–water partition coefficient (Wildman–Crippen LogP) is 4.09. The van der Waals surface area contributed by atoms with Crippen LogP contribution in [0.25, 0.3) is 16.0 Å². The summed E-state index contributed by atoms with van der Waals surface area (Å²) in [6, 6.07) is 6.73. The molecule has 1 heterocycles. The van der Waals surface area contributed by atoms with Crippen molar-refractivity contribution in [2.75, 3.05) is 19.4 Å². The van der Waals surface area contributed by atoms with Crippen LogP contribution in [0, 0.1) is 6.57 Å². The Bertz CT molecular complexity index is 989. The Morgan fingerprint density at radius 3 is 2.50 bits per heavy atom. The Morgan fingerprint density at radius 1 is 1.36 bits per heavy atom. The minimum atomic E-state index is -3.33.